The second kappa shape index (κ2) is 3.92. The van der Waals surface area contributed by atoms with E-state index < -0.39 is 0 Å². The Labute approximate surface area is 101 Å². The van der Waals surface area contributed by atoms with Crippen molar-refractivity contribution >= 4 is 21.8 Å². The number of aromatic amines is 1. The molecule has 1 heterocycles. The lowest BCUT2D eigenvalue weighted by atomic mass is 10.0. The van der Waals surface area contributed by atoms with Crippen LogP contribution < -0.4 is 0 Å². The highest BCUT2D eigenvalue weighted by Crippen LogP contribution is 2.31. The molecule has 0 aliphatic rings. The lowest BCUT2D eigenvalue weighted by Crippen LogP contribution is -1.84. The molecule has 86 valence electrons. The zero-order valence-electron chi connectivity index (χ0n) is 10.4. The van der Waals surface area contributed by atoms with Crippen molar-refractivity contribution in [3.8, 4) is 0 Å². The van der Waals surface area contributed by atoms with Crippen LogP contribution in [0.1, 0.15) is 24.5 Å². The van der Waals surface area contributed by atoms with Crippen molar-refractivity contribution in [2.45, 2.75) is 26.7 Å². The van der Waals surface area contributed by atoms with Gasteiger partial charge in [0.05, 0.1) is 0 Å². The SMILES string of the molecule is CCCc1cccc2[nH]c3cccc(C)c3c12. The van der Waals surface area contributed by atoms with Gasteiger partial charge in [-0.2, -0.15) is 0 Å². The van der Waals surface area contributed by atoms with E-state index in [2.05, 4.69) is 55.2 Å². The molecule has 3 aromatic rings. The third-order valence-electron chi connectivity index (χ3n) is 3.46. The van der Waals surface area contributed by atoms with Crippen molar-refractivity contribution in [3.63, 3.8) is 0 Å². The van der Waals surface area contributed by atoms with Crippen LogP contribution in [0.3, 0.4) is 0 Å². The molecule has 1 aromatic heterocycles. The van der Waals surface area contributed by atoms with Crippen molar-refractivity contribution in [1.82, 2.24) is 4.98 Å². The number of aryl methyl sites for hydroxylation is 2. The maximum atomic E-state index is 3.52. The summed E-state index contributed by atoms with van der Waals surface area (Å²) >= 11 is 0. The molecule has 3 rings (SSSR count). The number of hydrogen-bond acceptors (Lipinski definition) is 0. The Bertz CT molecular complexity index is 676. The number of nitrogens with one attached hydrogen (secondary N) is 1. The predicted molar refractivity (Wildman–Crippen MR) is 74.5 cm³/mol. The molecule has 1 N–H and O–H groups in total. The van der Waals surface area contributed by atoms with Gasteiger partial charge in [-0.1, -0.05) is 37.6 Å². The van der Waals surface area contributed by atoms with E-state index in [1.165, 1.54) is 39.4 Å². The largest absolute Gasteiger partial charge is 0.354 e. The van der Waals surface area contributed by atoms with Crippen molar-refractivity contribution in [3.05, 3.63) is 47.5 Å². The molecular weight excluding hydrogens is 206 g/mol. The molecule has 2 aromatic carbocycles. The van der Waals surface area contributed by atoms with E-state index in [0.717, 1.165) is 6.42 Å². The first-order chi connectivity index (χ1) is 8.31. The van der Waals surface area contributed by atoms with Gasteiger partial charge < -0.3 is 4.98 Å². The maximum absolute atomic E-state index is 3.52. The van der Waals surface area contributed by atoms with Crippen LogP contribution in [0.5, 0.6) is 0 Å². The van der Waals surface area contributed by atoms with Crippen LogP contribution >= 0.6 is 0 Å². The van der Waals surface area contributed by atoms with Crippen LogP contribution in [0.4, 0.5) is 0 Å². The highest BCUT2D eigenvalue weighted by atomic mass is 14.7. The quantitative estimate of drug-likeness (QED) is 0.654. The topological polar surface area (TPSA) is 15.8 Å². The van der Waals surface area contributed by atoms with Gasteiger partial charge in [-0.15, -0.1) is 0 Å². The lowest BCUT2D eigenvalue weighted by molar-refractivity contribution is 0.930. The summed E-state index contributed by atoms with van der Waals surface area (Å²) in [7, 11) is 0. The second-order valence-corrected chi connectivity index (χ2v) is 4.71. The predicted octanol–water partition coefficient (Wildman–Crippen LogP) is 4.58. The van der Waals surface area contributed by atoms with E-state index >= 15 is 0 Å². The van der Waals surface area contributed by atoms with E-state index in [0.29, 0.717) is 0 Å². The third-order valence-corrected chi connectivity index (χ3v) is 3.46. The molecular formula is C16H17N. The van der Waals surface area contributed by atoms with Gasteiger partial charge in [0.15, 0.2) is 0 Å². The van der Waals surface area contributed by atoms with Crippen LogP contribution in [0, 0.1) is 6.92 Å². The van der Waals surface area contributed by atoms with Crippen molar-refractivity contribution < 1.29 is 0 Å². The van der Waals surface area contributed by atoms with Crippen LogP contribution in [-0.2, 0) is 6.42 Å². The van der Waals surface area contributed by atoms with Crippen LogP contribution in [0.25, 0.3) is 21.8 Å². The minimum atomic E-state index is 1.15. The fourth-order valence-corrected chi connectivity index (χ4v) is 2.73. The molecule has 0 aliphatic heterocycles. The Morgan fingerprint density at radius 1 is 0.941 bits per heavy atom. The molecule has 0 spiro atoms. The van der Waals surface area contributed by atoms with Gasteiger partial charge in [0.2, 0.25) is 0 Å². The van der Waals surface area contributed by atoms with Gasteiger partial charge in [0.25, 0.3) is 0 Å². The Hall–Kier alpha value is -1.76. The number of fused-ring (bicyclic) bond motifs is 3. The zero-order chi connectivity index (χ0) is 11.8. The average Bonchev–Trinajstić information content (AvgIpc) is 2.70. The molecule has 0 amide bonds. The Morgan fingerprint density at radius 2 is 1.65 bits per heavy atom. The minimum absolute atomic E-state index is 1.15. The zero-order valence-corrected chi connectivity index (χ0v) is 10.4. The smallest absolute Gasteiger partial charge is 0.0467 e. The van der Waals surface area contributed by atoms with Crippen LogP contribution in [0.2, 0.25) is 0 Å². The summed E-state index contributed by atoms with van der Waals surface area (Å²) in [5.41, 5.74) is 5.34. The number of benzene rings is 2. The van der Waals surface area contributed by atoms with Crippen molar-refractivity contribution in [2.24, 2.45) is 0 Å². The van der Waals surface area contributed by atoms with Crippen LogP contribution in [0.15, 0.2) is 36.4 Å². The number of H-pyrrole nitrogens is 1. The molecule has 0 atom stereocenters. The average molecular weight is 223 g/mol. The summed E-state index contributed by atoms with van der Waals surface area (Å²) in [6.07, 6.45) is 2.34. The second-order valence-electron chi connectivity index (χ2n) is 4.71. The van der Waals surface area contributed by atoms with Gasteiger partial charge in [-0.05, 0) is 36.6 Å². The molecule has 1 heteroatoms. The van der Waals surface area contributed by atoms with E-state index in [-0.39, 0.29) is 0 Å². The van der Waals surface area contributed by atoms with Gasteiger partial charge in [0, 0.05) is 21.8 Å². The Balaban J connectivity index is 2.47. The normalized spacial score (nSPS) is 11.4. The number of rotatable bonds is 2. The first-order valence-corrected chi connectivity index (χ1v) is 6.30. The highest BCUT2D eigenvalue weighted by molar-refractivity contribution is 6.10. The standard InChI is InChI=1S/C16H17N/c1-3-6-12-8-5-10-14-16(12)15-11(2)7-4-9-13(15)17-14/h4-5,7-10,17H,3,6H2,1-2H3. The first-order valence-electron chi connectivity index (χ1n) is 6.30. The Morgan fingerprint density at radius 3 is 2.41 bits per heavy atom. The minimum Gasteiger partial charge on any atom is -0.354 e. The maximum Gasteiger partial charge on any atom is 0.0467 e. The molecule has 0 bridgehead atoms. The summed E-state index contributed by atoms with van der Waals surface area (Å²) in [5.74, 6) is 0. The third kappa shape index (κ3) is 1.54. The molecule has 0 radical (unpaired) electrons. The summed E-state index contributed by atoms with van der Waals surface area (Å²) in [6, 6.07) is 13.1. The van der Waals surface area contributed by atoms with Crippen molar-refractivity contribution in [2.75, 3.05) is 0 Å². The summed E-state index contributed by atoms with van der Waals surface area (Å²) in [5, 5.41) is 2.81. The van der Waals surface area contributed by atoms with E-state index in [4.69, 9.17) is 0 Å². The monoisotopic (exact) mass is 223 g/mol. The summed E-state index contributed by atoms with van der Waals surface area (Å²) in [6.45, 7) is 4.43. The van der Waals surface area contributed by atoms with E-state index in [9.17, 15) is 0 Å². The molecule has 0 unspecified atom stereocenters. The molecule has 1 nitrogen and oxygen atoms in total. The molecule has 0 aliphatic carbocycles. The number of hydrogen-bond donors (Lipinski definition) is 1. The highest BCUT2D eigenvalue weighted by Gasteiger charge is 2.09. The van der Waals surface area contributed by atoms with Gasteiger partial charge in [-0.3, -0.25) is 0 Å². The number of aromatic nitrogens is 1. The summed E-state index contributed by atoms with van der Waals surface area (Å²) in [4.78, 5) is 3.52. The fourth-order valence-electron chi connectivity index (χ4n) is 2.73. The molecule has 0 saturated carbocycles. The van der Waals surface area contributed by atoms with Gasteiger partial charge >= 0.3 is 0 Å². The van der Waals surface area contributed by atoms with Crippen LogP contribution in [-0.4, -0.2) is 4.98 Å². The van der Waals surface area contributed by atoms with E-state index in [1.54, 1.807) is 0 Å². The van der Waals surface area contributed by atoms with E-state index in [1.807, 2.05) is 0 Å². The lowest BCUT2D eigenvalue weighted by Gasteiger charge is -2.03. The molecule has 17 heavy (non-hydrogen) atoms. The van der Waals surface area contributed by atoms with Gasteiger partial charge in [-0.25, -0.2) is 0 Å². The molecule has 0 saturated heterocycles. The summed E-state index contributed by atoms with van der Waals surface area (Å²) < 4.78 is 0. The first kappa shape index (κ1) is 10.4. The Kier molecular flexibility index (Phi) is 2.40. The van der Waals surface area contributed by atoms with Gasteiger partial charge in [0.1, 0.15) is 0 Å². The molecule has 0 fully saturated rings. The fraction of sp³-hybridized carbons (Fsp3) is 0.250. The van der Waals surface area contributed by atoms with Crippen molar-refractivity contribution in [1.29, 1.82) is 0 Å².